The van der Waals surface area contributed by atoms with Gasteiger partial charge in [-0.1, -0.05) is 59.2 Å². The monoisotopic (exact) mass is 350 g/mol. The highest BCUT2D eigenvalue weighted by Crippen LogP contribution is 2.42. The Morgan fingerprint density at radius 2 is 1.73 bits per heavy atom. The molecule has 0 saturated heterocycles. The van der Waals surface area contributed by atoms with Gasteiger partial charge in [-0.05, 0) is 36.7 Å². The van der Waals surface area contributed by atoms with Crippen molar-refractivity contribution in [1.82, 2.24) is 4.57 Å². The second-order valence-electron chi connectivity index (χ2n) is 5.05. The van der Waals surface area contributed by atoms with E-state index < -0.39 is 0 Å². The topological polar surface area (TPSA) is 30.9 Å². The standard InChI is InChI=1S/C17H16Cl2N2S/c1-21-15-8-3-2-5-11(15)12(9-10-20)17(21)22-16-13(18)6-4-7-14(16)19/h2-8H,9-10,20H2,1H3. The molecule has 0 unspecified atom stereocenters. The van der Waals surface area contributed by atoms with Gasteiger partial charge in [0.2, 0.25) is 0 Å². The molecule has 1 heterocycles. The highest BCUT2D eigenvalue weighted by atomic mass is 35.5. The summed E-state index contributed by atoms with van der Waals surface area (Å²) in [7, 11) is 2.06. The Morgan fingerprint density at radius 3 is 2.41 bits per heavy atom. The molecule has 0 amide bonds. The van der Waals surface area contributed by atoms with Crippen molar-refractivity contribution in [1.29, 1.82) is 0 Å². The Hall–Kier alpha value is -1.13. The minimum Gasteiger partial charge on any atom is -0.338 e. The largest absolute Gasteiger partial charge is 0.338 e. The van der Waals surface area contributed by atoms with Gasteiger partial charge in [0.05, 0.1) is 20.0 Å². The molecule has 5 heteroatoms. The van der Waals surface area contributed by atoms with E-state index >= 15 is 0 Å². The molecular weight excluding hydrogens is 335 g/mol. The van der Waals surface area contributed by atoms with Crippen LogP contribution in [0.4, 0.5) is 0 Å². The summed E-state index contributed by atoms with van der Waals surface area (Å²) in [5.41, 5.74) is 8.26. The van der Waals surface area contributed by atoms with Gasteiger partial charge in [-0.15, -0.1) is 0 Å². The van der Waals surface area contributed by atoms with Crippen LogP contribution >= 0.6 is 35.0 Å². The first kappa shape index (κ1) is 15.8. The number of para-hydroxylation sites is 1. The minimum absolute atomic E-state index is 0.609. The third-order valence-corrected chi connectivity index (χ3v) is 5.88. The van der Waals surface area contributed by atoms with Gasteiger partial charge in [0.25, 0.3) is 0 Å². The molecule has 2 nitrogen and oxygen atoms in total. The van der Waals surface area contributed by atoms with E-state index in [0.29, 0.717) is 16.6 Å². The third kappa shape index (κ3) is 2.74. The van der Waals surface area contributed by atoms with Crippen LogP contribution in [0.25, 0.3) is 10.9 Å². The van der Waals surface area contributed by atoms with Crippen molar-refractivity contribution < 1.29 is 0 Å². The van der Waals surface area contributed by atoms with Crippen LogP contribution in [-0.2, 0) is 13.5 Å². The van der Waals surface area contributed by atoms with Gasteiger partial charge in [-0.2, -0.15) is 0 Å². The first-order valence-electron chi connectivity index (χ1n) is 7.01. The third-order valence-electron chi connectivity index (χ3n) is 3.67. The SMILES string of the molecule is Cn1c(Sc2c(Cl)cccc2Cl)c(CCN)c2ccccc21. The molecular formula is C17H16Cl2N2S. The first-order chi connectivity index (χ1) is 10.6. The molecule has 2 aromatic carbocycles. The van der Waals surface area contributed by atoms with E-state index in [-0.39, 0.29) is 0 Å². The van der Waals surface area contributed by atoms with Crippen molar-refractivity contribution in [2.45, 2.75) is 16.3 Å². The molecule has 0 bridgehead atoms. The van der Waals surface area contributed by atoms with Crippen LogP contribution in [0, 0.1) is 0 Å². The molecule has 1 aromatic heterocycles. The lowest BCUT2D eigenvalue weighted by Crippen LogP contribution is -2.03. The molecule has 2 N–H and O–H groups in total. The quantitative estimate of drug-likeness (QED) is 0.706. The summed E-state index contributed by atoms with van der Waals surface area (Å²) in [6.07, 6.45) is 0.825. The van der Waals surface area contributed by atoms with E-state index in [2.05, 4.69) is 29.8 Å². The molecule has 0 spiro atoms. The minimum atomic E-state index is 0.609. The first-order valence-corrected chi connectivity index (χ1v) is 8.59. The van der Waals surface area contributed by atoms with Crippen LogP contribution in [0.5, 0.6) is 0 Å². The maximum atomic E-state index is 6.32. The molecule has 114 valence electrons. The van der Waals surface area contributed by atoms with E-state index in [0.717, 1.165) is 16.3 Å². The van der Waals surface area contributed by atoms with Crippen molar-refractivity contribution in [3.63, 3.8) is 0 Å². The molecule has 0 fully saturated rings. The molecule has 0 aliphatic carbocycles. The van der Waals surface area contributed by atoms with Crippen LogP contribution < -0.4 is 5.73 Å². The predicted octanol–water partition coefficient (Wildman–Crippen LogP) is 5.14. The number of aromatic nitrogens is 1. The number of halogens is 2. The second kappa shape index (κ2) is 6.55. The van der Waals surface area contributed by atoms with Gasteiger partial charge < -0.3 is 10.3 Å². The fourth-order valence-corrected chi connectivity index (χ4v) is 4.36. The predicted molar refractivity (Wildman–Crippen MR) is 96.3 cm³/mol. The number of nitrogens with two attached hydrogens (primary N) is 1. The lowest BCUT2D eigenvalue weighted by Gasteiger charge is -2.10. The van der Waals surface area contributed by atoms with Crippen LogP contribution in [0.3, 0.4) is 0 Å². The van der Waals surface area contributed by atoms with Crippen LogP contribution in [0.2, 0.25) is 10.0 Å². The zero-order chi connectivity index (χ0) is 15.7. The van der Waals surface area contributed by atoms with Crippen molar-refractivity contribution in [3.05, 3.63) is 58.1 Å². The van der Waals surface area contributed by atoms with Crippen LogP contribution in [0.15, 0.2) is 52.4 Å². The molecule has 0 atom stereocenters. The molecule has 22 heavy (non-hydrogen) atoms. The zero-order valence-corrected chi connectivity index (χ0v) is 14.5. The normalized spacial score (nSPS) is 11.3. The molecule has 0 saturated carbocycles. The average Bonchev–Trinajstić information content (AvgIpc) is 2.77. The molecule has 3 rings (SSSR count). The average molecular weight is 351 g/mol. The highest BCUT2D eigenvalue weighted by molar-refractivity contribution is 7.99. The Kier molecular flexibility index (Phi) is 4.69. The van der Waals surface area contributed by atoms with E-state index in [1.807, 2.05) is 24.3 Å². The molecule has 0 aliphatic rings. The van der Waals surface area contributed by atoms with Gasteiger partial charge >= 0.3 is 0 Å². The zero-order valence-electron chi connectivity index (χ0n) is 12.1. The fourth-order valence-electron chi connectivity index (χ4n) is 2.64. The second-order valence-corrected chi connectivity index (χ2v) is 6.86. The fraction of sp³-hybridized carbons (Fsp3) is 0.176. The van der Waals surface area contributed by atoms with Gasteiger partial charge in [0.15, 0.2) is 0 Å². The van der Waals surface area contributed by atoms with E-state index in [1.54, 1.807) is 11.8 Å². The van der Waals surface area contributed by atoms with Crippen molar-refractivity contribution in [2.75, 3.05) is 6.54 Å². The summed E-state index contributed by atoms with van der Waals surface area (Å²) < 4.78 is 2.19. The summed E-state index contributed by atoms with van der Waals surface area (Å²) in [4.78, 5) is 0.884. The number of hydrogen-bond donors (Lipinski definition) is 1. The summed E-state index contributed by atoms with van der Waals surface area (Å²) in [6, 6.07) is 13.9. The molecule has 3 aromatic rings. The lowest BCUT2D eigenvalue weighted by molar-refractivity contribution is 0.826. The maximum Gasteiger partial charge on any atom is 0.0838 e. The summed E-state index contributed by atoms with van der Waals surface area (Å²) >= 11 is 14.2. The molecule has 0 aliphatic heterocycles. The van der Waals surface area contributed by atoms with Gasteiger partial charge in [-0.3, -0.25) is 0 Å². The van der Waals surface area contributed by atoms with Crippen molar-refractivity contribution in [2.24, 2.45) is 12.8 Å². The van der Waals surface area contributed by atoms with Gasteiger partial charge in [-0.25, -0.2) is 0 Å². The van der Waals surface area contributed by atoms with Gasteiger partial charge in [0.1, 0.15) is 0 Å². The summed E-state index contributed by atoms with van der Waals surface area (Å²) in [5, 5.41) is 3.71. The van der Waals surface area contributed by atoms with E-state index in [9.17, 15) is 0 Å². The summed E-state index contributed by atoms with van der Waals surface area (Å²) in [6.45, 7) is 0.609. The Morgan fingerprint density at radius 1 is 1.05 bits per heavy atom. The summed E-state index contributed by atoms with van der Waals surface area (Å²) in [5.74, 6) is 0. The van der Waals surface area contributed by atoms with E-state index in [4.69, 9.17) is 28.9 Å². The lowest BCUT2D eigenvalue weighted by atomic mass is 10.1. The van der Waals surface area contributed by atoms with Crippen molar-refractivity contribution in [3.8, 4) is 0 Å². The Bertz CT molecular complexity index is 807. The van der Waals surface area contributed by atoms with Crippen LogP contribution in [0.1, 0.15) is 5.56 Å². The Labute approximate surface area is 144 Å². The number of nitrogens with zero attached hydrogens (tertiary/aromatic N) is 1. The smallest absolute Gasteiger partial charge is 0.0838 e. The Balaban J connectivity index is 2.18. The number of hydrogen-bond acceptors (Lipinski definition) is 2. The van der Waals surface area contributed by atoms with Gasteiger partial charge in [0, 0.05) is 18.0 Å². The molecule has 0 radical (unpaired) electrons. The highest BCUT2D eigenvalue weighted by Gasteiger charge is 2.17. The number of fused-ring (bicyclic) bond motifs is 1. The number of benzene rings is 2. The van der Waals surface area contributed by atoms with Crippen LogP contribution in [-0.4, -0.2) is 11.1 Å². The van der Waals surface area contributed by atoms with Crippen molar-refractivity contribution >= 4 is 45.9 Å². The maximum absolute atomic E-state index is 6.32. The van der Waals surface area contributed by atoms with E-state index in [1.165, 1.54) is 16.5 Å². The number of aryl methyl sites for hydroxylation is 1. The number of rotatable bonds is 4.